The minimum absolute atomic E-state index is 0.170. The van der Waals surface area contributed by atoms with Gasteiger partial charge in [0.15, 0.2) is 17.2 Å². The molecule has 1 aromatic heterocycles. The Morgan fingerprint density at radius 1 is 1.17 bits per heavy atom. The number of ether oxygens (including phenoxy) is 3. The van der Waals surface area contributed by atoms with E-state index in [1.807, 2.05) is 0 Å². The second kappa shape index (κ2) is 8.44. The molecule has 2 heterocycles. The fourth-order valence-corrected chi connectivity index (χ4v) is 3.06. The number of benzene rings is 2. The Kier molecular flexibility index (Phi) is 5.56. The van der Waals surface area contributed by atoms with Gasteiger partial charge in [0.05, 0.1) is 12.1 Å². The summed E-state index contributed by atoms with van der Waals surface area (Å²) in [6, 6.07) is 10.2. The van der Waals surface area contributed by atoms with Crippen LogP contribution >= 0.6 is 0 Å². The molecule has 30 heavy (non-hydrogen) atoms. The Balaban J connectivity index is 1.50. The van der Waals surface area contributed by atoms with E-state index < -0.39 is 5.91 Å². The van der Waals surface area contributed by atoms with Gasteiger partial charge in [-0.1, -0.05) is 13.8 Å². The molecule has 2 aromatic carbocycles. The number of amides is 1. The van der Waals surface area contributed by atoms with Gasteiger partial charge in [-0.25, -0.2) is 0 Å². The largest absolute Gasteiger partial charge is 0.494 e. The number of fused-ring (bicyclic) bond motifs is 2. The summed E-state index contributed by atoms with van der Waals surface area (Å²) in [7, 11) is 0. The van der Waals surface area contributed by atoms with Crippen LogP contribution in [0.25, 0.3) is 10.9 Å². The average Bonchev–Trinajstić information content (AvgIpc) is 3.04. The molecule has 156 valence electrons. The van der Waals surface area contributed by atoms with Gasteiger partial charge in [0.1, 0.15) is 19.0 Å². The summed E-state index contributed by atoms with van der Waals surface area (Å²) in [5.41, 5.74) is 1.16. The number of hydrogen-bond acceptors (Lipinski definition) is 6. The van der Waals surface area contributed by atoms with Crippen molar-refractivity contribution in [1.82, 2.24) is 4.98 Å². The molecule has 0 aliphatic carbocycles. The van der Waals surface area contributed by atoms with Crippen molar-refractivity contribution >= 4 is 22.5 Å². The molecule has 1 aliphatic rings. The third-order valence-electron chi connectivity index (χ3n) is 4.72. The fraction of sp³-hybridized carbons (Fsp3) is 0.318. The van der Waals surface area contributed by atoms with E-state index >= 15 is 0 Å². The van der Waals surface area contributed by atoms with Crippen molar-refractivity contribution in [3.8, 4) is 23.1 Å². The van der Waals surface area contributed by atoms with Crippen LogP contribution in [-0.2, 0) is 0 Å². The lowest BCUT2D eigenvalue weighted by atomic mass is 10.1. The molecule has 0 saturated carbocycles. The zero-order valence-corrected chi connectivity index (χ0v) is 16.8. The molecule has 1 amide bonds. The zero-order valence-electron chi connectivity index (χ0n) is 16.8. The van der Waals surface area contributed by atoms with Gasteiger partial charge in [-0.2, -0.15) is 0 Å². The molecule has 4 rings (SSSR count). The van der Waals surface area contributed by atoms with Gasteiger partial charge in [0.2, 0.25) is 5.88 Å². The number of hydrogen-bond donors (Lipinski definition) is 2. The van der Waals surface area contributed by atoms with Crippen molar-refractivity contribution in [3.63, 3.8) is 0 Å². The van der Waals surface area contributed by atoms with Crippen molar-refractivity contribution in [2.24, 2.45) is 16.1 Å². The van der Waals surface area contributed by atoms with Crippen molar-refractivity contribution in [1.29, 1.82) is 0 Å². The van der Waals surface area contributed by atoms with E-state index in [-0.39, 0.29) is 11.6 Å². The molecule has 3 aromatic rings. The van der Waals surface area contributed by atoms with Gasteiger partial charge in [-0.15, -0.1) is 10.2 Å². The maximum Gasteiger partial charge on any atom is 0.295 e. The predicted octanol–water partition coefficient (Wildman–Crippen LogP) is 4.99. The quantitative estimate of drug-likeness (QED) is 0.558. The van der Waals surface area contributed by atoms with E-state index in [9.17, 15) is 9.90 Å². The van der Waals surface area contributed by atoms with Gasteiger partial charge in [0.25, 0.3) is 5.91 Å². The van der Waals surface area contributed by atoms with Gasteiger partial charge in [0, 0.05) is 17.0 Å². The minimum atomic E-state index is -0.518. The average molecular weight is 409 g/mol. The van der Waals surface area contributed by atoms with Crippen LogP contribution in [0.2, 0.25) is 0 Å². The number of nitrogens with one attached hydrogen (secondary N) is 1. The highest BCUT2D eigenvalue weighted by molar-refractivity contribution is 5.98. The van der Waals surface area contributed by atoms with Crippen LogP contribution in [-0.4, -0.2) is 35.8 Å². The Hall–Kier alpha value is -3.55. The molecule has 8 nitrogen and oxygen atoms in total. The molecule has 0 bridgehead atoms. The number of aromatic hydroxyl groups is 1. The predicted molar refractivity (Wildman–Crippen MR) is 111 cm³/mol. The normalized spacial score (nSPS) is 13.3. The standard InChI is InChI=1S/C22H23N3O5/c1-13(2)7-8-28-15-5-3-14(4-6-15)21(26)25-24-20-16-11-18-19(30-10-9-29-18)12-17(16)23-22(20)27/h3-6,11-13,23,27H,7-10H2,1-2H3. The van der Waals surface area contributed by atoms with Crippen molar-refractivity contribution in [2.45, 2.75) is 20.3 Å². The SMILES string of the molecule is CC(C)CCOc1ccc(C(=O)N=Nc2c(O)[nH]c3cc4c(cc23)OCCO4)cc1. The summed E-state index contributed by atoms with van der Waals surface area (Å²) in [5, 5.41) is 18.5. The van der Waals surface area contributed by atoms with Crippen LogP contribution in [0, 0.1) is 5.92 Å². The monoisotopic (exact) mass is 409 g/mol. The maximum absolute atomic E-state index is 12.4. The van der Waals surface area contributed by atoms with Crippen LogP contribution in [0.5, 0.6) is 23.1 Å². The highest BCUT2D eigenvalue weighted by atomic mass is 16.6. The molecule has 0 spiro atoms. The topological polar surface area (TPSA) is 106 Å². The van der Waals surface area contributed by atoms with Gasteiger partial charge >= 0.3 is 0 Å². The van der Waals surface area contributed by atoms with Crippen LogP contribution in [0.1, 0.15) is 30.6 Å². The van der Waals surface area contributed by atoms with Crippen molar-refractivity contribution in [3.05, 3.63) is 42.0 Å². The van der Waals surface area contributed by atoms with Gasteiger partial charge in [-0.05, 0) is 42.7 Å². The molecule has 2 N–H and O–H groups in total. The smallest absolute Gasteiger partial charge is 0.295 e. The zero-order chi connectivity index (χ0) is 21.1. The number of aromatic nitrogens is 1. The van der Waals surface area contributed by atoms with Crippen LogP contribution in [0.3, 0.4) is 0 Å². The minimum Gasteiger partial charge on any atom is -0.494 e. The highest BCUT2D eigenvalue weighted by Gasteiger charge is 2.18. The number of aromatic amines is 1. The summed E-state index contributed by atoms with van der Waals surface area (Å²) < 4.78 is 16.8. The van der Waals surface area contributed by atoms with Crippen LogP contribution in [0.4, 0.5) is 5.69 Å². The number of azo groups is 1. The van der Waals surface area contributed by atoms with Crippen LogP contribution in [0.15, 0.2) is 46.6 Å². The number of H-pyrrole nitrogens is 1. The highest BCUT2D eigenvalue weighted by Crippen LogP contribution is 2.42. The fourth-order valence-electron chi connectivity index (χ4n) is 3.06. The second-order valence-electron chi connectivity index (χ2n) is 7.42. The van der Waals surface area contributed by atoms with E-state index in [4.69, 9.17) is 14.2 Å². The Morgan fingerprint density at radius 2 is 1.87 bits per heavy atom. The second-order valence-corrected chi connectivity index (χ2v) is 7.42. The first-order chi connectivity index (χ1) is 14.5. The van der Waals surface area contributed by atoms with Crippen molar-refractivity contribution in [2.75, 3.05) is 19.8 Å². The van der Waals surface area contributed by atoms with E-state index in [1.54, 1.807) is 36.4 Å². The lowest BCUT2D eigenvalue weighted by molar-refractivity contribution is 0.0995. The first-order valence-electron chi connectivity index (χ1n) is 9.84. The Morgan fingerprint density at radius 3 is 2.57 bits per heavy atom. The Labute approximate surface area is 173 Å². The lowest BCUT2D eigenvalue weighted by Gasteiger charge is -2.17. The molecule has 8 heteroatoms. The number of carbonyl (C=O) groups excluding carboxylic acids is 1. The summed E-state index contributed by atoms with van der Waals surface area (Å²) in [5.74, 6) is 1.71. The van der Waals surface area contributed by atoms with E-state index in [0.29, 0.717) is 59.5 Å². The van der Waals surface area contributed by atoms with Gasteiger partial charge in [-0.3, -0.25) is 4.79 Å². The first kappa shape index (κ1) is 19.8. The molecule has 0 saturated heterocycles. The van der Waals surface area contributed by atoms with Crippen molar-refractivity contribution < 1.29 is 24.1 Å². The summed E-state index contributed by atoms with van der Waals surface area (Å²) >= 11 is 0. The third kappa shape index (κ3) is 4.22. The van der Waals surface area contributed by atoms with Gasteiger partial charge < -0.3 is 24.3 Å². The first-order valence-corrected chi connectivity index (χ1v) is 9.84. The van der Waals surface area contributed by atoms with E-state index in [2.05, 4.69) is 29.1 Å². The molecular weight excluding hydrogens is 386 g/mol. The summed E-state index contributed by atoms with van der Waals surface area (Å²) in [6.07, 6.45) is 0.962. The van der Waals surface area contributed by atoms with E-state index in [1.165, 1.54) is 0 Å². The lowest BCUT2D eigenvalue weighted by Crippen LogP contribution is -2.15. The molecule has 1 aliphatic heterocycles. The molecule has 0 atom stereocenters. The molecular formula is C22H23N3O5. The number of carbonyl (C=O) groups is 1. The number of nitrogens with zero attached hydrogens (tertiary/aromatic N) is 2. The summed E-state index contributed by atoms with van der Waals surface area (Å²) in [4.78, 5) is 15.2. The third-order valence-corrected chi connectivity index (χ3v) is 4.72. The van der Waals surface area contributed by atoms with E-state index in [0.717, 1.165) is 6.42 Å². The summed E-state index contributed by atoms with van der Waals surface area (Å²) in [6.45, 7) is 5.81. The number of rotatable bonds is 6. The maximum atomic E-state index is 12.4. The Bertz CT molecular complexity index is 1090. The van der Waals surface area contributed by atoms with Crippen LogP contribution < -0.4 is 14.2 Å². The molecule has 0 radical (unpaired) electrons. The molecule has 0 unspecified atom stereocenters. The molecule has 0 fully saturated rings.